The van der Waals surface area contributed by atoms with E-state index >= 15 is 0 Å². The summed E-state index contributed by atoms with van der Waals surface area (Å²) in [5.74, 6) is 0.445. The van der Waals surface area contributed by atoms with E-state index in [0.29, 0.717) is 19.3 Å². The molecule has 0 spiro atoms. The minimum Gasteiger partial charge on any atom is -0.394 e. The third-order valence-corrected chi connectivity index (χ3v) is 16.6. The summed E-state index contributed by atoms with van der Waals surface area (Å²) in [5.41, 5.74) is -0.405. The molecule has 13 nitrogen and oxygen atoms in total. The standard InChI is InChI=1S/C42H72O13/c1-21(2)10-9-14-42(8,51)22-11-16-41(7)29(22)23(45)18-27-39(5)15-13-28(38(3,4)26(39)12-17-40(27,41)6)54-37-35(33(49)31(47)25(20-44)53-37)55-36-34(50)32(48)30(46)24(19-43)52-36/h10,22-37,43-51H,9,11-20H2,1-8H3/t22?,23-,24-,25-,26?,27?,28+,29?,30-,31-,32+,33+,34-,35-,36+,37+,39+,40-,41-,42?/m1/s1. The molecular weight excluding hydrogens is 712 g/mol. The van der Waals surface area contributed by atoms with Crippen LogP contribution in [-0.2, 0) is 18.9 Å². The van der Waals surface area contributed by atoms with Crippen LogP contribution in [-0.4, -0.2) is 138 Å². The molecule has 2 saturated heterocycles. The summed E-state index contributed by atoms with van der Waals surface area (Å²) in [6, 6.07) is 0. The van der Waals surface area contributed by atoms with Gasteiger partial charge in [-0.25, -0.2) is 0 Å². The Balaban J connectivity index is 1.23. The van der Waals surface area contributed by atoms with Crippen LogP contribution in [0, 0.1) is 45.3 Å². The van der Waals surface area contributed by atoms with Crippen molar-refractivity contribution in [2.75, 3.05) is 13.2 Å². The van der Waals surface area contributed by atoms with E-state index in [1.807, 2.05) is 6.92 Å². The molecule has 2 heterocycles. The fourth-order valence-electron chi connectivity index (χ4n) is 13.3. The van der Waals surface area contributed by atoms with Crippen LogP contribution in [0.1, 0.15) is 113 Å². The fraction of sp³-hybridized carbons (Fsp3) is 0.952. The summed E-state index contributed by atoms with van der Waals surface area (Å²) in [5, 5.41) is 97.4. The molecule has 0 aromatic carbocycles. The molecule has 0 amide bonds. The molecule has 0 aromatic heterocycles. The van der Waals surface area contributed by atoms with Crippen LogP contribution in [0.2, 0.25) is 0 Å². The average molecular weight is 785 g/mol. The Morgan fingerprint density at radius 2 is 1.33 bits per heavy atom. The van der Waals surface area contributed by atoms with Gasteiger partial charge in [-0.1, -0.05) is 46.3 Å². The molecule has 0 radical (unpaired) electrons. The highest BCUT2D eigenvalue weighted by Gasteiger charge is 2.71. The first-order valence-electron chi connectivity index (χ1n) is 20.9. The number of allylic oxidation sites excluding steroid dienone is 2. The summed E-state index contributed by atoms with van der Waals surface area (Å²) in [4.78, 5) is 0. The van der Waals surface area contributed by atoms with Gasteiger partial charge in [-0.3, -0.25) is 0 Å². The van der Waals surface area contributed by atoms with Crippen molar-refractivity contribution in [1.29, 1.82) is 0 Å². The topological polar surface area (TPSA) is 219 Å². The first-order chi connectivity index (χ1) is 25.6. The van der Waals surface area contributed by atoms with Gasteiger partial charge in [0, 0.05) is 0 Å². The monoisotopic (exact) mass is 784 g/mol. The maximum absolute atomic E-state index is 12.2. The summed E-state index contributed by atoms with van der Waals surface area (Å²) >= 11 is 0. The second-order valence-electron chi connectivity index (χ2n) is 20.1. The second-order valence-corrected chi connectivity index (χ2v) is 20.1. The Morgan fingerprint density at radius 3 is 1.95 bits per heavy atom. The van der Waals surface area contributed by atoms with Crippen LogP contribution < -0.4 is 0 Å². The van der Waals surface area contributed by atoms with Crippen LogP contribution in [0.5, 0.6) is 0 Å². The molecule has 0 bridgehead atoms. The van der Waals surface area contributed by atoms with Gasteiger partial charge in [-0.15, -0.1) is 0 Å². The molecule has 55 heavy (non-hydrogen) atoms. The third kappa shape index (κ3) is 7.20. The predicted octanol–water partition coefficient (Wildman–Crippen LogP) is 2.15. The van der Waals surface area contributed by atoms with Gasteiger partial charge in [0.05, 0.1) is 31.0 Å². The van der Waals surface area contributed by atoms with E-state index in [2.05, 4.69) is 54.5 Å². The van der Waals surface area contributed by atoms with Crippen molar-refractivity contribution in [3.63, 3.8) is 0 Å². The van der Waals surface area contributed by atoms with Crippen molar-refractivity contribution in [2.24, 2.45) is 45.3 Å². The van der Waals surface area contributed by atoms with Gasteiger partial charge in [0.25, 0.3) is 0 Å². The van der Waals surface area contributed by atoms with Crippen LogP contribution in [0.4, 0.5) is 0 Å². The lowest BCUT2D eigenvalue weighted by Crippen LogP contribution is -2.68. The maximum atomic E-state index is 12.2. The molecule has 2 aliphatic heterocycles. The lowest BCUT2D eigenvalue weighted by Gasteiger charge is -2.70. The molecule has 318 valence electrons. The zero-order valence-electron chi connectivity index (χ0n) is 34.3. The highest BCUT2D eigenvalue weighted by Crippen LogP contribution is 2.76. The first-order valence-corrected chi connectivity index (χ1v) is 20.9. The summed E-state index contributed by atoms with van der Waals surface area (Å²) in [6.45, 7) is 16.5. The van der Waals surface area contributed by atoms with Crippen molar-refractivity contribution >= 4 is 0 Å². The van der Waals surface area contributed by atoms with E-state index < -0.39 is 97.8 Å². The van der Waals surface area contributed by atoms with Gasteiger partial charge in [0.1, 0.15) is 48.8 Å². The van der Waals surface area contributed by atoms with E-state index in [-0.39, 0.29) is 39.9 Å². The Kier molecular flexibility index (Phi) is 12.5. The molecule has 20 atom stereocenters. The average Bonchev–Trinajstić information content (AvgIpc) is 3.50. The van der Waals surface area contributed by atoms with Crippen molar-refractivity contribution in [3.8, 4) is 0 Å². The number of rotatable bonds is 10. The van der Waals surface area contributed by atoms with Crippen molar-refractivity contribution in [3.05, 3.63) is 11.6 Å². The zero-order valence-corrected chi connectivity index (χ0v) is 34.3. The molecule has 6 aliphatic rings. The zero-order chi connectivity index (χ0) is 40.6. The molecular formula is C42H72O13. The molecule has 9 N–H and O–H groups in total. The van der Waals surface area contributed by atoms with E-state index in [1.165, 1.54) is 5.57 Å². The SMILES string of the molecule is CC(C)=CCCC(C)(O)C1CC[C@]2(C)C1[C@H](O)CC1[C@@]3(C)CC[C@H](O[C@@H]4O[C@H](CO)[C@@H](O)[C@H](O)[C@H]4O[C@@H]4O[C@H](CO)[C@@H](O)[C@H](O)[C@H]4O)C(C)(C)C3CC[C@]12C. The minimum atomic E-state index is -1.75. The third-order valence-electron chi connectivity index (χ3n) is 16.6. The molecule has 13 heteroatoms. The number of hydrogen-bond donors (Lipinski definition) is 9. The fourth-order valence-corrected chi connectivity index (χ4v) is 13.3. The van der Waals surface area contributed by atoms with Gasteiger partial charge < -0.3 is 64.9 Å². The Hall–Kier alpha value is -0.780. The lowest BCUT2D eigenvalue weighted by molar-refractivity contribution is -0.378. The lowest BCUT2D eigenvalue weighted by atomic mass is 9.35. The largest absolute Gasteiger partial charge is 0.394 e. The molecule has 6 rings (SSSR count). The predicted molar refractivity (Wildman–Crippen MR) is 201 cm³/mol. The number of aliphatic hydroxyl groups is 9. The van der Waals surface area contributed by atoms with Crippen LogP contribution in [0.3, 0.4) is 0 Å². The summed E-state index contributed by atoms with van der Waals surface area (Å²) in [6.07, 6.45) is -6.48. The highest BCUT2D eigenvalue weighted by atomic mass is 16.8. The first kappa shape index (κ1) is 43.8. The van der Waals surface area contributed by atoms with Gasteiger partial charge in [0.15, 0.2) is 12.6 Å². The molecule has 0 aromatic rings. The number of ether oxygens (including phenoxy) is 4. The van der Waals surface area contributed by atoms with Crippen molar-refractivity contribution in [1.82, 2.24) is 0 Å². The normalized spacial score (nSPS) is 52.0. The molecule has 4 aliphatic carbocycles. The number of fused-ring (bicyclic) bond motifs is 5. The molecule has 4 saturated carbocycles. The Labute approximate surface area is 327 Å². The second kappa shape index (κ2) is 15.7. The van der Waals surface area contributed by atoms with E-state index in [1.54, 1.807) is 0 Å². The van der Waals surface area contributed by atoms with E-state index in [4.69, 9.17) is 18.9 Å². The van der Waals surface area contributed by atoms with E-state index in [0.717, 1.165) is 38.5 Å². The van der Waals surface area contributed by atoms with E-state index in [9.17, 15) is 46.0 Å². The smallest absolute Gasteiger partial charge is 0.187 e. The molecule has 6 fully saturated rings. The van der Waals surface area contributed by atoms with Crippen LogP contribution >= 0.6 is 0 Å². The van der Waals surface area contributed by atoms with Gasteiger partial charge in [0.2, 0.25) is 0 Å². The number of aliphatic hydroxyl groups excluding tert-OH is 8. The Bertz CT molecular complexity index is 1370. The summed E-state index contributed by atoms with van der Waals surface area (Å²) < 4.78 is 24.4. The highest BCUT2D eigenvalue weighted by molar-refractivity contribution is 5.20. The summed E-state index contributed by atoms with van der Waals surface area (Å²) in [7, 11) is 0. The maximum Gasteiger partial charge on any atom is 0.187 e. The minimum absolute atomic E-state index is 0.00798. The Morgan fingerprint density at radius 1 is 0.727 bits per heavy atom. The molecule has 5 unspecified atom stereocenters. The van der Waals surface area contributed by atoms with Crippen LogP contribution in [0.15, 0.2) is 11.6 Å². The van der Waals surface area contributed by atoms with Gasteiger partial charge in [-0.2, -0.15) is 0 Å². The quantitative estimate of drug-likeness (QED) is 0.115. The van der Waals surface area contributed by atoms with Gasteiger partial charge in [-0.05, 0) is 124 Å². The van der Waals surface area contributed by atoms with Gasteiger partial charge >= 0.3 is 0 Å². The number of hydrogen-bond acceptors (Lipinski definition) is 13. The van der Waals surface area contributed by atoms with Crippen LogP contribution in [0.25, 0.3) is 0 Å². The van der Waals surface area contributed by atoms with Crippen molar-refractivity contribution < 1.29 is 64.9 Å². The van der Waals surface area contributed by atoms with Crippen molar-refractivity contribution in [2.45, 2.75) is 192 Å².